The molecule has 1 aliphatic carbocycles. The maximum atomic E-state index is 4.24. The lowest BCUT2D eigenvalue weighted by molar-refractivity contribution is 0.300. The molecule has 1 saturated carbocycles. The van der Waals surface area contributed by atoms with Crippen molar-refractivity contribution in [2.75, 3.05) is 5.75 Å². The second kappa shape index (κ2) is 2.53. The Kier molecular flexibility index (Phi) is 2.10. The first-order chi connectivity index (χ1) is 4.17. The zero-order valence-corrected chi connectivity index (χ0v) is 7.25. The maximum absolute atomic E-state index is 4.24. The van der Waals surface area contributed by atoms with Crippen LogP contribution in [0.4, 0.5) is 0 Å². The molecule has 0 spiro atoms. The van der Waals surface area contributed by atoms with Crippen molar-refractivity contribution in [2.24, 2.45) is 11.3 Å². The Balaban J connectivity index is 2.30. The van der Waals surface area contributed by atoms with Gasteiger partial charge in [-0.3, -0.25) is 0 Å². The van der Waals surface area contributed by atoms with E-state index in [0.717, 1.165) is 11.7 Å². The molecule has 0 nitrogen and oxygen atoms in total. The molecule has 0 amide bonds. The third-order valence-electron chi connectivity index (χ3n) is 2.44. The molecule has 0 heterocycles. The van der Waals surface area contributed by atoms with E-state index in [0.29, 0.717) is 5.41 Å². The maximum Gasteiger partial charge on any atom is -0.00927 e. The summed E-state index contributed by atoms with van der Waals surface area (Å²) in [5.41, 5.74) is 0.585. The fourth-order valence-electron chi connectivity index (χ4n) is 1.36. The SMILES string of the molecule is CC(C)(CCS)C1CC1. The fraction of sp³-hybridized carbons (Fsp3) is 1.00. The summed E-state index contributed by atoms with van der Waals surface area (Å²) >= 11 is 4.24. The highest BCUT2D eigenvalue weighted by molar-refractivity contribution is 7.80. The van der Waals surface area contributed by atoms with Crippen molar-refractivity contribution in [2.45, 2.75) is 33.1 Å². The monoisotopic (exact) mass is 144 g/mol. The van der Waals surface area contributed by atoms with E-state index in [-0.39, 0.29) is 0 Å². The second-order valence-electron chi connectivity index (χ2n) is 3.74. The molecule has 0 aromatic heterocycles. The van der Waals surface area contributed by atoms with Gasteiger partial charge in [-0.05, 0) is 36.3 Å². The molecule has 0 aliphatic heterocycles. The van der Waals surface area contributed by atoms with Crippen LogP contribution in [-0.4, -0.2) is 5.75 Å². The molecule has 1 heteroatoms. The Labute approximate surface area is 63.4 Å². The van der Waals surface area contributed by atoms with Crippen molar-refractivity contribution in [1.29, 1.82) is 0 Å². The van der Waals surface area contributed by atoms with Gasteiger partial charge in [-0.25, -0.2) is 0 Å². The van der Waals surface area contributed by atoms with Crippen LogP contribution < -0.4 is 0 Å². The minimum atomic E-state index is 0.585. The fourth-order valence-corrected chi connectivity index (χ4v) is 1.93. The van der Waals surface area contributed by atoms with Gasteiger partial charge in [0.15, 0.2) is 0 Å². The van der Waals surface area contributed by atoms with Crippen LogP contribution in [-0.2, 0) is 0 Å². The van der Waals surface area contributed by atoms with E-state index in [1.54, 1.807) is 0 Å². The van der Waals surface area contributed by atoms with Crippen LogP contribution in [0.2, 0.25) is 0 Å². The Bertz CT molecular complexity index is 92.7. The van der Waals surface area contributed by atoms with E-state index in [1.165, 1.54) is 19.3 Å². The van der Waals surface area contributed by atoms with Gasteiger partial charge >= 0.3 is 0 Å². The van der Waals surface area contributed by atoms with E-state index in [9.17, 15) is 0 Å². The summed E-state index contributed by atoms with van der Waals surface area (Å²) in [7, 11) is 0. The number of hydrogen-bond donors (Lipinski definition) is 1. The third-order valence-corrected chi connectivity index (χ3v) is 2.66. The lowest BCUT2D eigenvalue weighted by atomic mass is 9.85. The predicted octanol–water partition coefficient (Wildman–Crippen LogP) is 2.74. The van der Waals surface area contributed by atoms with Crippen LogP contribution in [0.1, 0.15) is 33.1 Å². The molecule has 9 heavy (non-hydrogen) atoms. The van der Waals surface area contributed by atoms with Gasteiger partial charge in [0.25, 0.3) is 0 Å². The predicted molar refractivity (Wildman–Crippen MR) is 45.0 cm³/mol. The molecular formula is C8H16S. The zero-order chi connectivity index (χ0) is 6.91. The molecule has 1 fully saturated rings. The average molecular weight is 144 g/mol. The first kappa shape index (κ1) is 7.46. The normalized spacial score (nSPS) is 20.3. The topological polar surface area (TPSA) is 0 Å². The highest BCUT2D eigenvalue weighted by Crippen LogP contribution is 2.47. The minimum Gasteiger partial charge on any atom is -0.179 e. The van der Waals surface area contributed by atoms with Gasteiger partial charge in [0.05, 0.1) is 0 Å². The van der Waals surface area contributed by atoms with Gasteiger partial charge in [-0.2, -0.15) is 12.6 Å². The highest BCUT2D eigenvalue weighted by atomic mass is 32.1. The van der Waals surface area contributed by atoms with Crippen molar-refractivity contribution in [3.8, 4) is 0 Å². The Hall–Kier alpha value is 0.350. The van der Waals surface area contributed by atoms with Crippen LogP contribution in [0.3, 0.4) is 0 Å². The summed E-state index contributed by atoms with van der Waals surface area (Å²) in [5.74, 6) is 2.06. The van der Waals surface area contributed by atoms with Crippen molar-refractivity contribution in [3.05, 3.63) is 0 Å². The second-order valence-corrected chi connectivity index (χ2v) is 4.18. The van der Waals surface area contributed by atoms with Gasteiger partial charge in [-0.15, -0.1) is 0 Å². The summed E-state index contributed by atoms with van der Waals surface area (Å²) in [5, 5.41) is 0. The molecule has 54 valence electrons. The number of thiol groups is 1. The molecule has 0 aromatic rings. The molecule has 0 saturated heterocycles. The van der Waals surface area contributed by atoms with Crippen LogP contribution in [0.15, 0.2) is 0 Å². The molecule has 0 atom stereocenters. The molecule has 1 rings (SSSR count). The highest BCUT2D eigenvalue weighted by Gasteiger charge is 2.36. The van der Waals surface area contributed by atoms with E-state index in [4.69, 9.17) is 0 Å². The number of hydrogen-bond acceptors (Lipinski definition) is 1. The van der Waals surface area contributed by atoms with Crippen molar-refractivity contribution in [3.63, 3.8) is 0 Å². The van der Waals surface area contributed by atoms with E-state index in [2.05, 4.69) is 26.5 Å². The van der Waals surface area contributed by atoms with Crippen molar-refractivity contribution < 1.29 is 0 Å². The summed E-state index contributed by atoms with van der Waals surface area (Å²) in [4.78, 5) is 0. The molecular weight excluding hydrogens is 128 g/mol. The minimum absolute atomic E-state index is 0.585. The first-order valence-electron chi connectivity index (χ1n) is 3.77. The third kappa shape index (κ3) is 1.89. The average Bonchev–Trinajstić information content (AvgIpc) is 2.41. The molecule has 1 aliphatic rings. The largest absolute Gasteiger partial charge is 0.179 e. The number of rotatable bonds is 3. The van der Waals surface area contributed by atoms with Gasteiger partial charge in [0.1, 0.15) is 0 Å². The smallest absolute Gasteiger partial charge is 0.00927 e. The summed E-state index contributed by atoms with van der Waals surface area (Å²) in [6, 6.07) is 0. The summed E-state index contributed by atoms with van der Waals surface area (Å²) < 4.78 is 0. The first-order valence-corrected chi connectivity index (χ1v) is 4.41. The molecule has 0 unspecified atom stereocenters. The summed E-state index contributed by atoms with van der Waals surface area (Å²) in [6.45, 7) is 4.72. The van der Waals surface area contributed by atoms with Gasteiger partial charge in [0, 0.05) is 0 Å². The van der Waals surface area contributed by atoms with E-state index in [1.807, 2.05) is 0 Å². The molecule has 0 radical (unpaired) electrons. The Morgan fingerprint density at radius 1 is 1.44 bits per heavy atom. The van der Waals surface area contributed by atoms with Crippen LogP contribution in [0.25, 0.3) is 0 Å². The van der Waals surface area contributed by atoms with Crippen LogP contribution in [0.5, 0.6) is 0 Å². The van der Waals surface area contributed by atoms with E-state index >= 15 is 0 Å². The Morgan fingerprint density at radius 2 is 2.00 bits per heavy atom. The molecule has 0 N–H and O–H groups in total. The van der Waals surface area contributed by atoms with Crippen molar-refractivity contribution >= 4 is 12.6 Å². The lowest BCUT2D eigenvalue weighted by Gasteiger charge is -2.22. The van der Waals surface area contributed by atoms with Crippen LogP contribution >= 0.6 is 12.6 Å². The van der Waals surface area contributed by atoms with Gasteiger partial charge in [0.2, 0.25) is 0 Å². The zero-order valence-electron chi connectivity index (χ0n) is 6.35. The lowest BCUT2D eigenvalue weighted by Crippen LogP contribution is -2.14. The standard InChI is InChI=1S/C8H16S/c1-8(2,5-6-9)7-3-4-7/h7,9H,3-6H2,1-2H3. The van der Waals surface area contributed by atoms with Gasteiger partial charge in [-0.1, -0.05) is 13.8 Å². The van der Waals surface area contributed by atoms with Gasteiger partial charge < -0.3 is 0 Å². The van der Waals surface area contributed by atoms with Crippen molar-refractivity contribution in [1.82, 2.24) is 0 Å². The molecule has 0 aromatic carbocycles. The Morgan fingerprint density at radius 3 is 2.33 bits per heavy atom. The molecule has 0 bridgehead atoms. The van der Waals surface area contributed by atoms with E-state index < -0.39 is 0 Å². The van der Waals surface area contributed by atoms with Crippen LogP contribution in [0, 0.1) is 11.3 Å². The quantitative estimate of drug-likeness (QED) is 0.578. The summed E-state index contributed by atoms with van der Waals surface area (Å²) in [6.07, 6.45) is 4.20.